The number of allylic oxidation sites excluding steroid dienone is 4. The highest BCUT2D eigenvalue weighted by molar-refractivity contribution is 7.42. The molecule has 0 aliphatic carbocycles. The number of hydrogen-bond acceptors (Lipinski definition) is 3. The van der Waals surface area contributed by atoms with Gasteiger partial charge in [0.25, 0.3) is 0 Å². The van der Waals surface area contributed by atoms with Gasteiger partial charge in [-0.3, -0.25) is 0 Å². The van der Waals surface area contributed by atoms with E-state index >= 15 is 0 Å². The van der Waals surface area contributed by atoms with Gasteiger partial charge in [0.2, 0.25) is 0 Å². The fraction of sp³-hybridized carbons (Fsp3) is 0.686. The Bertz CT molecular complexity index is 1110. The number of hydrogen-bond donors (Lipinski definition) is 0. The SMILES string of the molecule is CCCCCCCC/C=C/CCCCCCCCOP(OCCCCCCCC/C=C/CCCCCCCC)Oc1ccc(C(C)(C)c2ccccc2)cc1. The standard InChI is InChI=1S/C51H85O3P/c1-5-7-9-11-13-15-17-19-21-23-25-27-29-31-33-38-46-52-55(54-50-44-42-49(43-45-50)51(3,4)48-40-36-35-37-41-48)53-47-39-34-32-30-28-26-24-22-20-18-16-14-12-10-8-6-2/h19-22,35-37,40-45H,5-18,23-34,38-39,46-47H2,1-4H3/b21-19+,22-20+. The van der Waals surface area contributed by atoms with E-state index in [2.05, 4.69) is 107 Å². The Morgan fingerprint density at radius 3 is 1.16 bits per heavy atom. The van der Waals surface area contributed by atoms with E-state index in [-0.39, 0.29) is 5.41 Å². The third-order valence-corrected chi connectivity index (χ3v) is 12.1. The minimum atomic E-state index is -1.42. The molecule has 3 nitrogen and oxygen atoms in total. The van der Waals surface area contributed by atoms with Crippen LogP contribution in [-0.2, 0) is 14.5 Å². The zero-order chi connectivity index (χ0) is 39.3. The first-order valence-electron chi connectivity index (χ1n) is 23.3. The molecule has 0 radical (unpaired) electrons. The third-order valence-electron chi connectivity index (χ3n) is 11.0. The fourth-order valence-corrected chi connectivity index (χ4v) is 8.14. The van der Waals surface area contributed by atoms with Crippen LogP contribution in [0.2, 0.25) is 0 Å². The second-order valence-electron chi connectivity index (χ2n) is 16.4. The first-order chi connectivity index (χ1) is 27.1. The highest BCUT2D eigenvalue weighted by Gasteiger charge is 2.23. The predicted molar refractivity (Wildman–Crippen MR) is 243 cm³/mol. The van der Waals surface area contributed by atoms with Crippen molar-refractivity contribution in [3.63, 3.8) is 0 Å². The van der Waals surface area contributed by atoms with E-state index in [4.69, 9.17) is 13.6 Å². The van der Waals surface area contributed by atoms with Crippen molar-refractivity contribution in [3.05, 3.63) is 90.0 Å². The normalized spacial score (nSPS) is 12.2. The maximum Gasteiger partial charge on any atom is 0.397 e. The summed E-state index contributed by atoms with van der Waals surface area (Å²) in [5.74, 6) is 0.820. The van der Waals surface area contributed by atoms with Gasteiger partial charge < -0.3 is 13.6 Å². The monoisotopic (exact) mass is 777 g/mol. The van der Waals surface area contributed by atoms with E-state index in [1.165, 1.54) is 178 Å². The van der Waals surface area contributed by atoms with Crippen LogP contribution in [-0.4, -0.2) is 13.2 Å². The zero-order valence-electron chi connectivity index (χ0n) is 36.4. The molecule has 0 amide bonds. The molecule has 55 heavy (non-hydrogen) atoms. The zero-order valence-corrected chi connectivity index (χ0v) is 37.3. The lowest BCUT2D eigenvalue weighted by Gasteiger charge is -2.26. The molecule has 0 aliphatic rings. The lowest BCUT2D eigenvalue weighted by Crippen LogP contribution is -2.18. The first-order valence-corrected chi connectivity index (χ1v) is 24.4. The molecule has 0 spiro atoms. The molecule has 0 saturated carbocycles. The lowest BCUT2D eigenvalue weighted by molar-refractivity contribution is 0.198. The molecule has 0 bridgehead atoms. The number of benzene rings is 2. The molecule has 2 rings (SSSR count). The molecule has 0 N–H and O–H groups in total. The molecule has 0 aliphatic heterocycles. The van der Waals surface area contributed by atoms with Crippen molar-refractivity contribution in [2.75, 3.05) is 13.2 Å². The van der Waals surface area contributed by atoms with Crippen LogP contribution in [0.25, 0.3) is 0 Å². The maximum atomic E-state index is 6.35. The maximum absolute atomic E-state index is 6.35. The topological polar surface area (TPSA) is 27.7 Å². The van der Waals surface area contributed by atoms with Gasteiger partial charge in [0.15, 0.2) is 0 Å². The number of unbranched alkanes of at least 4 members (excludes halogenated alkanes) is 24. The molecule has 312 valence electrons. The molecule has 2 aromatic carbocycles. The Balaban J connectivity index is 1.64. The van der Waals surface area contributed by atoms with Crippen LogP contribution in [0, 0.1) is 0 Å². The molecule has 4 heteroatoms. The average Bonchev–Trinajstić information content (AvgIpc) is 3.20. The molecular formula is C51H85O3P. The molecule has 0 saturated heterocycles. The average molecular weight is 777 g/mol. The summed E-state index contributed by atoms with van der Waals surface area (Å²) in [5, 5.41) is 0. The molecule has 2 aromatic rings. The van der Waals surface area contributed by atoms with Crippen LogP contribution >= 0.6 is 8.60 Å². The van der Waals surface area contributed by atoms with Gasteiger partial charge in [-0.2, -0.15) is 0 Å². The smallest absolute Gasteiger partial charge is 0.397 e. The van der Waals surface area contributed by atoms with E-state index in [0.29, 0.717) is 13.2 Å². The van der Waals surface area contributed by atoms with E-state index < -0.39 is 8.60 Å². The summed E-state index contributed by atoms with van der Waals surface area (Å²) in [6.45, 7) is 10.5. The van der Waals surface area contributed by atoms with Crippen LogP contribution in [0.3, 0.4) is 0 Å². The summed E-state index contributed by atoms with van der Waals surface area (Å²) >= 11 is 0. The summed E-state index contributed by atoms with van der Waals surface area (Å²) in [6, 6.07) is 19.3. The highest BCUT2D eigenvalue weighted by atomic mass is 31.2. The van der Waals surface area contributed by atoms with Crippen molar-refractivity contribution in [3.8, 4) is 5.75 Å². The van der Waals surface area contributed by atoms with Gasteiger partial charge >= 0.3 is 8.60 Å². The predicted octanol–water partition coefficient (Wildman–Crippen LogP) is 17.7. The van der Waals surface area contributed by atoms with Gasteiger partial charge in [-0.1, -0.05) is 210 Å². The minimum absolute atomic E-state index is 0.0780. The molecule has 0 unspecified atom stereocenters. The third kappa shape index (κ3) is 26.6. The summed E-state index contributed by atoms with van der Waals surface area (Å²) in [5.41, 5.74) is 2.50. The van der Waals surface area contributed by atoms with Crippen molar-refractivity contribution in [2.45, 2.75) is 213 Å². The van der Waals surface area contributed by atoms with Crippen molar-refractivity contribution in [1.29, 1.82) is 0 Å². The Morgan fingerprint density at radius 2 is 0.764 bits per heavy atom. The van der Waals surface area contributed by atoms with Crippen LogP contribution in [0.15, 0.2) is 78.9 Å². The van der Waals surface area contributed by atoms with Gasteiger partial charge in [-0.15, -0.1) is 0 Å². The van der Waals surface area contributed by atoms with Gasteiger partial charge in [0, 0.05) is 5.41 Å². The van der Waals surface area contributed by atoms with Crippen LogP contribution in [0.4, 0.5) is 0 Å². The van der Waals surface area contributed by atoms with Crippen LogP contribution in [0.5, 0.6) is 5.75 Å². The van der Waals surface area contributed by atoms with Gasteiger partial charge in [-0.05, 0) is 87.5 Å². The quantitative estimate of drug-likeness (QED) is 0.0386. The second-order valence-corrected chi connectivity index (χ2v) is 17.5. The van der Waals surface area contributed by atoms with E-state index in [1.54, 1.807) is 0 Å². The van der Waals surface area contributed by atoms with Crippen molar-refractivity contribution in [2.24, 2.45) is 0 Å². The van der Waals surface area contributed by atoms with Crippen LogP contribution < -0.4 is 4.52 Å². The summed E-state index contributed by atoms with van der Waals surface area (Å²) in [4.78, 5) is 0. The van der Waals surface area contributed by atoms with Crippen molar-refractivity contribution < 1.29 is 13.6 Å². The highest BCUT2D eigenvalue weighted by Crippen LogP contribution is 2.42. The largest absolute Gasteiger partial charge is 0.427 e. The van der Waals surface area contributed by atoms with E-state index in [9.17, 15) is 0 Å². The summed E-state index contributed by atoms with van der Waals surface area (Å²) in [7, 11) is -1.42. The summed E-state index contributed by atoms with van der Waals surface area (Å²) in [6.07, 6.45) is 46.3. The second kappa shape index (κ2) is 35.2. The molecule has 0 heterocycles. The Hall–Kier alpha value is -1.93. The van der Waals surface area contributed by atoms with Crippen LogP contribution in [0.1, 0.15) is 219 Å². The van der Waals surface area contributed by atoms with Crippen molar-refractivity contribution in [1.82, 2.24) is 0 Å². The van der Waals surface area contributed by atoms with Gasteiger partial charge in [0.05, 0.1) is 13.2 Å². The van der Waals surface area contributed by atoms with E-state index in [1.807, 2.05) is 0 Å². The minimum Gasteiger partial charge on any atom is -0.427 e. The van der Waals surface area contributed by atoms with Gasteiger partial charge in [-0.25, -0.2) is 0 Å². The first kappa shape index (κ1) is 49.2. The number of rotatable bonds is 38. The molecule has 0 aromatic heterocycles. The molecular weight excluding hydrogens is 692 g/mol. The summed E-state index contributed by atoms with van der Waals surface area (Å²) < 4.78 is 18.9. The Labute approximate surface area is 342 Å². The molecule has 0 fully saturated rings. The van der Waals surface area contributed by atoms with Gasteiger partial charge in [0.1, 0.15) is 5.75 Å². The van der Waals surface area contributed by atoms with E-state index in [0.717, 1.165) is 18.6 Å². The Kier molecular flexibility index (Phi) is 31.5. The Morgan fingerprint density at radius 1 is 0.418 bits per heavy atom. The molecule has 0 atom stereocenters. The lowest BCUT2D eigenvalue weighted by atomic mass is 9.78. The fourth-order valence-electron chi connectivity index (χ4n) is 7.11. The van der Waals surface area contributed by atoms with Crippen molar-refractivity contribution >= 4 is 8.60 Å².